The van der Waals surface area contributed by atoms with Crippen molar-refractivity contribution in [3.8, 4) is 68.3 Å². The van der Waals surface area contributed by atoms with Crippen LogP contribution in [0.1, 0.15) is 0 Å². The number of imidazole rings is 4. The van der Waals surface area contributed by atoms with E-state index in [0.717, 1.165) is 156 Å². The second kappa shape index (κ2) is 35.2. The molecule has 24 rings (SSSR count). The van der Waals surface area contributed by atoms with Crippen LogP contribution in [0.25, 0.3) is 199 Å². The zero-order chi connectivity index (χ0) is 84.3. The van der Waals surface area contributed by atoms with E-state index >= 15 is 0 Å². The van der Waals surface area contributed by atoms with Gasteiger partial charge in [0.25, 0.3) is 0 Å². The van der Waals surface area contributed by atoms with E-state index in [1.165, 1.54) is 127 Å². The fourth-order valence-corrected chi connectivity index (χ4v) is 17.0. The van der Waals surface area contributed by atoms with E-state index in [4.69, 9.17) is 19.9 Å². The fourth-order valence-electron chi connectivity index (χ4n) is 17.0. The van der Waals surface area contributed by atoms with Gasteiger partial charge in [0, 0.05) is 89.1 Å². The van der Waals surface area contributed by atoms with Crippen molar-refractivity contribution in [1.82, 2.24) is 38.2 Å². The van der Waals surface area contributed by atoms with Gasteiger partial charge in [-0.25, -0.2) is 0 Å². The van der Waals surface area contributed by atoms with Gasteiger partial charge in [0.1, 0.15) is 0 Å². The Balaban J connectivity index is 0.000000107. The van der Waals surface area contributed by atoms with Gasteiger partial charge < -0.3 is 18.3 Å². The topological polar surface area (TPSA) is 71.3 Å². The van der Waals surface area contributed by atoms with Crippen LogP contribution in [0.5, 0.6) is 0 Å². The molecule has 0 saturated carbocycles. The molecule has 0 unspecified atom stereocenters. The molecule has 0 radical (unpaired) electrons. The first kappa shape index (κ1) is 79.7. The van der Waals surface area contributed by atoms with E-state index in [9.17, 15) is 17.6 Å². The Morgan fingerprint density at radius 3 is 0.508 bits per heavy atom. The number of hydrogen-bond donors (Lipinski definition) is 0. The number of halogens is 6. The van der Waals surface area contributed by atoms with Crippen LogP contribution in [0, 0.1) is 47.5 Å². The first-order valence-corrected chi connectivity index (χ1v) is 45.6. The number of fused-ring (bicyclic) bond motifs is 24. The first-order valence-electron chi connectivity index (χ1n) is 39.7. The third-order valence-electron chi connectivity index (χ3n) is 22.2. The molecule has 0 amide bonds. The van der Waals surface area contributed by atoms with Gasteiger partial charge in [0.05, 0.1) is 67.4 Å². The molecule has 0 atom stereocenters. The Labute approximate surface area is 739 Å². The SMILES string of the molecule is Fc1c[c-]c(-c2nc3c4ccccc4c4ccccc4c3n2-c2ccccc2)cc1.Fc1c[c-]c(-c2nc3c4ccccc4c4ccccc4c3n2-c2ccccc2)cc1.Fc1c[c-]c(-c2nc3c4ccccc4c4ccccc4c3n2-c2ccccc2)cc1.Fc1c[c-]c(-c2nc3c4ccccc4c4ccccc4c3n2-c2ccccc2)cc1.[Cl][Ir+2].[Cl][Ir+2]. The van der Waals surface area contributed by atoms with E-state index < -0.39 is 0 Å². The normalized spacial score (nSPS) is 11.2. The van der Waals surface area contributed by atoms with E-state index in [1.54, 1.807) is 24.3 Å². The Kier molecular flexibility index (Phi) is 22.6. The molecule has 16 heteroatoms. The van der Waals surface area contributed by atoms with E-state index in [1.807, 2.05) is 97.1 Å². The summed E-state index contributed by atoms with van der Waals surface area (Å²) in [7, 11) is 9.28. The number of aromatic nitrogens is 8. The van der Waals surface area contributed by atoms with Crippen molar-refractivity contribution in [2.24, 2.45) is 0 Å². The summed E-state index contributed by atoms with van der Waals surface area (Å²) in [6.07, 6.45) is 0. The summed E-state index contributed by atoms with van der Waals surface area (Å²) < 4.78 is 63.0. The van der Waals surface area contributed by atoms with Gasteiger partial charge in [0.2, 0.25) is 0 Å². The Hall–Kier alpha value is -14.0. The van der Waals surface area contributed by atoms with Crippen molar-refractivity contribution in [2.45, 2.75) is 0 Å². The fraction of sp³-hybridized carbons (Fsp3) is 0. The zero-order valence-corrected chi connectivity index (χ0v) is 71.8. The van der Waals surface area contributed by atoms with Crippen molar-refractivity contribution in [2.75, 3.05) is 0 Å². The molecule has 596 valence electrons. The molecular formula is C108H64Cl2F4Ir2N8. The summed E-state index contributed by atoms with van der Waals surface area (Å²) in [5.41, 5.74) is 15.0. The summed E-state index contributed by atoms with van der Waals surface area (Å²) in [6.45, 7) is 0. The predicted molar refractivity (Wildman–Crippen MR) is 493 cm³/mol. The Morgan fingerprint density at radius 1 is 0.185 bits per heavy atom. The molecule has 4 heterocycles. The third-order valence-corrected chi connectivity index (χ3v) is 22.2. The molecule has 0 saturated heterocycles. The number of benzene rings is 20. The molecule has 124 heavy (non-hydrogen) atoms. The van der Waals surface area contributed by atoms with Crippen LogP contribution in [-0.4, -0.2) is 38.2 Å². The monoisotopic (exact) mass is 2000 g/mol. The summed E-state index contributed by atoms with van der Waals surface area (Å²) in [4.78, 5) is 20.3. The van der Waals surface area contributed by atoms with E-state index in [0.29, 0.717) is 0 Å². The van der Waals surface area contributed by atoms with Gasteiger partial charge in [-0.15, -0.1) is 119 Å². The van der Waals surface area contributed by atoms with Crippen LogP contribution in [-0.2, 0) is 35.8 Å². The van der Waals surface area contributed by atoms with Crippen LogP contribution < -0.4 is 0 Å². The number of rotatable bonds is 8. The maximum absolute atomic E-state index is 13.6. The number of hydrogen-bond acceptors (Lipinski definition) is 4. The molecule has 0 aliphatic rings. The van der Waals surface area contributed by atoms with Crippen LogP contribution in [0.2, 0.25) is 0 Å². The van der Waals surface area contributed by atoms with Crippen molar-refractivity contribution < 1.29 is 53.3 Å². The van der Waals surface area contributed by atoms with Crippen LogP contribution in [0.3, 0.4) is 0 Å². The van der Waals surface area contributed by atoms with Crippen molar-refractivity contribution >= 4 is 149 Å². The van der Waals surface area contributed by atoms with Crippen LogP contribution in [0.4, 0.5) is 17.6 Å². The van der Waals surface area contributed by atoms with Crippen LogP contribution in [0.15, 0.2) is 388 Å². The predicted octanol–water partition coefficient (Wildman–Crippen LogP) is 29.1. The Morgan fingerprint density at radius 2 is 0.339 bits per heavy atom. The van der Waals surface area contributed by atoms with Crippen LogP contribution >= 0.6 is 19.2 Å². The second-order valence-corrected chi connectivity index (χ2v) is 29.3. The molecule has 0 aliphatic heterocycles. The molecule has 0 aliphatic carbocycles. The maximum atomic E-state index is 13.6. The summed E-state index contributed by atoms with van der Waals surface area (Å²) in [6, 6.07) is 138. The summed E-state index contributed by atoms with van der Waals surface area (Å²) in [5, 5.41) is 18.4. The van der Waals surface area contributed by atoms with E-state index in [-0.39, 0.29) is 23.3 Å². The standard InChI is InChI=1S/4C27H16FN2.2ClH.2Ir/c4*28-19-16-14-18(15-17-19)27-29-25-23-12-6-4-10-21(23)22-11-5-7-13-24(22)26(25)30(27)20-8-2-1-3-9-20;;;;/h4*1-14,16-17H;2*1H;;/q4*-1;;;2*+3/p-2. The quantitative estimate of drug-likeness (QED) is 0.0863. The molecule has 4 aromatic heterocycles. The molecule has 20 aromatic carbocycles. The van der Waals surface area contributed by atoms with Gasteiger partial charge in [-0.3, -0.25) is 37.5 Å². The van der Waals surface area contributed by atoms with E-state index in [2.05, 4.69) is 280 Å². The average Bonchev–Trinajstić information content (AvgIpc) is 1.57. The summed E-state index contributed by atoms with van der Waals surface area (Å²) in [5.74, 6) is 1.76. The van der Waals surface area contributed by atoms with Gasteiger partial charge in [0.15, 0.2) is 0 Å². The van der Waals surface area contributed by atoms with Crippen molar-refractivity contribution in [1.29, 1.82) is 0 Å². The summed E-state index contributed by atoms with van der Waals surface area (Å²) >= 11 is 2.94. The van der Waals surface area contributed by atoms with Gasteiger partial charge in [-0.2, -0.15) is 0 Å². The zero-order valence-electron chi connectivity index (χ0n) is 65.5. The Bertz CT molecular complexity index is 7110. The molecule has 0 bridgehead atoms. The van der Waals surface area contributed by atoms with Crippen molar-refractivity contribution in [3.05, 3.63) is 436 Å². The average molecular weight is 2010 g/mol. The molecule has 0 N–H and O–H groups in total. The number of nitrogens with zero attached hydrogens (tertiary/aromatic N) is 8. The molecule has 8 nitrogen and oxygen atoms in total. The number of para-hydroxylation sites is 4. The van der Waals surface area contributed by atoms with Crippen molar-refractivity contribution in [3.63, 3.8) is 0 Å². The molecule has 0 fully saturated rings. The second-order valence-electron chi connectivity index (χ2n) is 29.3. The van der Waals surface area contributed by atoms with Gasteiger partial charge in [-0.1, -0.05) is 267 Å². The minimum atomic E-state index is -0.308. The first-order chi connectivity index (χ1) is 61.2. The molecular weight excluding hydrogens is 1940 g/mol. The van der Waals surface area contributed by atoms with Gasteiger partial charge >= 0.3 is 54.9 Å². The minimum absolute atomic E-state index is 0.308. The molecule has 0 spiro atoms. The molecule has 24 aromatic rings. The van der Waals surface area contributed by atoms with Gasteiger partial charge in [-0.05, 0) is 91.6 Å². The third kappa shape index (κ3) is 14.7.